The van der Waals surface area contributed by atoms with Gasteiger partial charge in [0.05, 0.1) is 43.2 Å². The lowest BCUT2D eigenvalue weighted by molar-refractivity contribution is -0.137. The molecule has 0 fully saturated rings. The second-order valence-corrected chi connectivity index (χ2v) is 7.77. The molecule has 35 heavy (non-hydrogen) atoms. The third-order valence-corrected chi connectivity index (χ3v) is 5.37. The van der Waals surface area contributed by atoms with Gasteiger partial charge in [-0.25, -0.2) is 0 Å². The SMILES string of the molecule is COc1cccc(NC(=O)C2CCCc3ccc(-c4cccc(C(F)(F)F)c4)nc32)n1.OCCO. The molecule has 2 heterocycles. The van der Waals surface area contributed by atoms with Crippen molar-refractivity contribution in [1.29, 1.82) is 0 Å². The maximum atomic E-state index is 13.1. The van der Waals surface area contributed by atoms with Crippen molar-refractivity contribution in [3.63, 3.8) is 0 Å². The molecule has 0 spiro atoms. The van der Waals surface area contributed by atoms with Crippen molar-refractivity contribution in [3.05, 3.63) is 71.4 Å². The Labute approximate surface area is 200 Å². The molecule has 3 aromatic rings. The summed E-state index contributed by atoms with van der Waals surface area (Å²) in [6.07, 6.45) is -2.24. The zero-order valence-electron chi connectivity index (χ0n) is 19.0. The van der Waals surface area contributed by atoms with Crippen LogP contribution >= 0.6 is 0 Å². The molecule has 1 aliphatic carbocycles. The minimum absolute atomic E-state index is 0.125. The van der Waals surface area contributed by atoms with E-state index in [0.717, 1.165) is 30.5 Å². The molecule has 1 atom stereocenters. The molecule has 0 aliphatic heterocycles. The van der Waals surface area contributed by atoms with Gasteiger partial charge in [0.25, 0.3) is 0 Å². The van der Waals surface area contributed by atoms with Crippen molar-refractivity contribution in [2.24, 2.45) is 0 Å². The largest absolute Gasteiger partial charge is 0.481 e. The van der Waals surface area contributed by atoms with Crippen LogP contribution in [0.5, 0.6) is 5.88 Å². The van der Waals surface area contributed by atoms with E-state index in [1.54, 1.807) is 30.3 Å². The van der Waals surface area contributed by atoms with E-state index in [4.69, 9.17) is 14.9 Å². The highest BCUT2D eigenvalue weighted by atomic mass is 19.4. The number of rotatable bonds is 5. The third kappa shape index (κ3) is 6.77. The van der Waals surface area contributed by atoms with E-state index in [9.17, 15) is 18.0 Å². The highest BCUT2D eigenvalue weighted by Crippen LogP contribution is 2.35. The molecule has 0 radical (unpaired) electrons. The molecule has 4 rings (SSSR count). The van der Waals surface area contributed by atoms with Crippen LogP contribution in [0.15, 0.2) is 54.6 Å². The van der Waals surface area contributed by atoms with Crippen molar-refractivity contribution in [1.82, 2.24) is 9.97 Å². The number of nitrogens with one attached hydrogen (secondary N) is 1. The van der Waals surface area contributed by atoms with Gasteiger partial charge in [0.15, 0.2) is 0 Å². The van der Waals surface area contributed by atoms with Gasteiger partial charge in [0, 0.05) is 11.6 Å². The Kier molecular flexibility index (Phi) is 8.78. The molecule has 1 unspecified atom stereocenters. The number of amides is 1. The van der Waals surface area contributed by atoms with Crippen LogP contribution < -0.4 is 10.1 Å². The van der Waals surface area contributed by atoms with E-state index < -0.39 is 17.7 Å². The Hall–Kier alpha value is -3.50. The van der Waals surface area contributed by atoms with Gasteiger partial charge in [-0.05, 0) is 49.1 Å². The lowest BCUT2D eigenvalue weighted by Gasteiger charge is -2.24. The normalized spacial score (nSPS) is 14.9. The number of hydrogen-bond acceptors (Lipinski definition) is 6. The number of aliphatic hydroxyl groups is 2. The average molecular weight is 489 g/mol. The van der Waals surface area contributed by atoms with Crippen molar-refractivity contribution in [3.8, 4) is 17.1 Å². The summed E-state index contributed by atoms with van der Waals surface area (Å²) in [5, 5.41) is 18.0. The van der Waals surface area contributed by atoms with E-state index in [0.29, 0.717) is 35.1 Å². The minimum atomic E-state index is -4.43. The summed E-state index contributed by atoms with van der Waals surface area (Å²) in [4.78, 5) is 21.8. The number of anilines is 1. The van der Waals surface area contributed by atoms with Crippen LogP contribution in [0.4, 0.5) is 19.0 Å². The molecule has 3 N–H and O–H groups in total. The fourth-order valence-electron chi connectivity index (χ4n) is 3.73. The highest BCUT2D eigenvalue weighted by molar-refractivity contribution is 5.95. The summed E-state index contributed by atoms with van der Waals surface area (Å²) in [6.45, 7) is -0.250. The first-order chi connectivity index (χ1) is 16.8. The van der Waals surface area contributed by atoms with Crippen molar-refractivity contribution in [2.45, 2.75) is 31.4 Å². The molecule has 0 saturated heterocycles. The quantitative estimate of drug-likeness (QED) is 0.496. The van der Waals surface area contributed by atoms with Gasteiger partial charge in [-0.1, -0.05) is 24.3 Å². The van der Waals surface area contributed by atoms with E-state index in [1.807, 2.05) is 6.07 Å². The predicted molar refractivity (Wildman–Crippen MR) is 124 cm³/mol. The average Bonchev–Trinajstić information content (AvgIpc) is 2.87. The Morgan fingerprint density at radius 3 is 2.51 bits per heavy atom. The molecule has 7 nitrogen and oxygen atoms in total. The number of fused-ring (bicyclic) bond motifs is 1. The lowest BCUT2D eigenvalue weighted by atomic mass is 9.85. The van der Waals surface area contributed by atoms with Gasteiger partial charge in [0.2, 0.25) is 11.8 Å². The number of ether oxygens (including phenoxy) is 1. The number of alkyl halides is 3. The lowest BCUT2D eigenvalue weighted by Crippen LogP contribution is -2.26. The first-order valence-electron chi connectivity index (χ1n) is 11.0. The van der Waals surface area contributed by atoms with E-state index in [2.05, 4.69) is 15.3 Å². The summed E-state index contributed by atoms with van der Waals surface area (Å²) < 4.78 is 44.4. The molecular weight excluding hydrogens is 463 g/mol. The maximum Gasteiger partial charge on any atom is 0.416 e. The van der Waals surface area contributed by atoms with Crippen LogP contribution in [0, 0.1) is 0 Å². The van der Waals surface area contributed by atoms with E-state index in [1.165, 1.54) is 13.2 Å². The second-order valence-electron chi connectivity index (χ2n) is 7.77. The van der Waals surface area contributed by atoms with Crippen molar-refractivity contribution >= 4 is 11.7 Å². The molecule has 186 valence electrons. The number of carbonyl (C=O) groups is 1. The Morgan fingerprint density at radius 1 is 1.09 bits per heavy atom. The first-order valence-corrected chi connectivity index (χ1v) is 11.0. The number of hydrogen-bond donors (Lipinski definition) is 3. The summed E-state index contributed by atoms with van der Waals surface area (Å²) >= 11 is 0. The van der Waals surface area contributed by atoms with Crippen LogP contribution in [0.1, 0.15) is 35.6 Å². The number of nitrogens with zero attached hydrogens (tertiary/aromatic N) is 2. The molecule has 2 aromatic heterocycles. The number of halogens is 3. The Morgan fingerprint density at radius 2 is 1.83 bits per heavy atom. The van der Waals surface area contributed by atoms with Gasteiger partial charge >= 0.3 is 6.18 Å². The summed E-state index contributed by atoms with van der Waals surface area (Å²) in [5.74, 6) is -0.0183. The number of benzene rings is 1. The monoisotopic (exact) mass is 489 g/mol. The fraction of sp³-hybridized carbons (Fsp3) is 0.320. The third-order valence-electron chi connectivity index (χ3n) is 5.37. The standard InChI is InChI=1S/C23H20F3N3O2.C2H6O2/c1-31-20-10-4-9-19(28-20)29-22(30)17-8-3-5-14-11-12-18(27-21(14)17)15-6-2-7-16(13-15)23(24,25)26;3-1-2-4/h2,4,6-7,9-13,17H,3,5,8H2,1H3,(H,28,29,30);3-4H,1-2H2. The molecule has 1 amide bonds. The van der Waals surface area contributed by atoms with Crippen LogP contribution in [0.2, 0.25) is 0 Å². The minimum Gasteiger partial charge on any atom is -0.481 e. The van der Waals surface area contributed by atoms with E-state index >= 15 is 0 Å². The molecular formula is C25H26F3N3O4. The van der Waals surface area contributed by atoms with Gasteiger partial charge < -0.3 is 20.3 Å². The summed E-state index contributed by atoms with van der Waals surface area (Å²) in [5.41, 5.74) is 1.56. The van der Waals surface area contributed by atoms with Crippen molar-refractivity contribution < 1.29 is 32.9 Å². The van der Waals surface area contributed by atoms with Gasteiger partial charge in [0.1, 0.15) is 5.82 Å². The number of pyridine rings is 2. The number of carbonyl (C=O) groups excluding carboxylic acids is 1. The smallest absolute Gasteiger partial charge is 0.416 e. The van der Waals surface area contributed by atoms with Crippen LogP contribution in [0.3, 0.4) is 0 Å². The van der Waals surface area contributed by atoms with Gasteiger partial charge in [-0.3, -0.25) is 9.78 Å². The summed E-state index contributed by atoms with van der Waals surface area (Å²) in [7, 11) is 1.49. The van der Waals surface area contributed by atoms with Gasteiger partial charge in [-0.15, -0.1) is 0 Å². The number of aryl methyl sites for hydroxylation is 1. The zero-order chi connectivity index (χ0) is 25.4. The molecule has 0 saturated carbocycles. The van der Waals surface area contributed by atoms with Crippen molar-refractivity contribution in [2.75, 3.05) is 25.6 Å². The Bertz CT molecular complexity index is 1150. The number of aromatic nitrogens is 2. The van der Waals surface area contributed by atoms with E-state index in [-0.39, 0.29) is 19.1 Å². The van der Waals surface area contributed by atoms with Crippen LogP contribution in [-0.4, -0.2) is 46.4 Å². The molecule has 0 bridgehead atoms. The predicted octanol–water partition coefficient (Wildman–Crippen LogP) is 4.20. The highest BCUT2D eigenvalue weighted by Gasteiger charge is 2.31. The molecule has 1 aliphatic rings. The topological polar surface area (TPSA) is 105 Å². The maximum absolute atomic E-state index is 13.1. The molecule has 10 heteroatoms. The first kappa shape index (κ1) is 26.1. The number of aliphatic hydroxyl groups excluding tert-OH is 2. The van der Waals surface area contributed by atoms with Crippen LogP contribution in [-0.2, 0) is 17.4 Å². The second kappa shape index (κ2) is 11.8. The number of methoxy groups -OCH3 is 1. The van der Waals surface area contributed by atoms with Crippen LogP contribution in [0.25, 0.3) is 11.3 Å². The van der Waals surface area contributed by atoms with Gasteiger partial charge in [-0.2, -0.15) is 18.2 Å². The Balaban J connectivity index is 0.000000795. The zero-order valence-corrected chi connectivity index (χ0v) is 19.0. The fourth-order valence-corrected chi connectivity index (χ4v) is 3.73. The summed E-state index contributed by atoms with van der Waals surface area (Å²) in [6, 6.07) is 13.7. The molecule has 1 aromatic carbocycles.